The van der Waals surface area contributed by atoms with Gasteiger partial charge in [0.05, 0.1) is 25.3 Å². The first-order valence-corrected chi connectivity index (χ1v) is 5.98. The van der Waals surface area contributed by atoms with Gasteiger partial charge in [0.15, 0.2) is 4.96 Å². The van der Waals surface area contributed by atoms with E-state index in [0.29, 0.717) is 13.2 Å². The Kier molecular flexibility index (Phi) is 4.08. The molecular weight excluding hydrogens is 242 g/mol. The third kappa shape index (κ3) is 3.26. The normalized spacial score (nSPS) is 10.9. The van der Waals surface area contributed by atoms with Gasteiger partial charge in [-0.2, -0.15) is 0 Å². The van der Waals surface area contributed by atoms with Crippen molar-refractivity contribution < 1.29 is 14.4 Å². The van der Waals surface area contributed by atoms with Gasteiger partial charge >= 0.3 is 0 Å². The smallest absolute Gasteiger partial charge is 0.249 e. The molecule has 1 amide bonds. The molecule has 7 heteroatoms. The average molecular weight is 255 g/mol. The molecule has 0 aromatic carbocycles. The molecule has 0 atom stereocenters. The zero-order chi connectivity index (χ0) is 12.1. The molecule has 0 radical (unpaired) electrons. The number of nitrogens with zero attached hydrogens (tertiary/aromatic N) is 2. The van der Waals surface area contributed by atoms with Crippen LogP contribution in [0.3, 0.4) is 0 Å². The fourth-order valence-electron chi connectivity index (χ4n) is 1.32. The van der Waals surface area contributed by atoms with Crippen LogP contribution >= 0.6 is 11.3 Å². The first-order chi connectivity index (χ1) is 8.29. The van der Waals surface area contributed by atoms with Crippen LogP contribution in [0.1, 0.15) is 5.69 Å². The summed E-state index contributed by atoms with van der Waals surface area (Å²) >= 11 is 1.53. The van der Waals surface area contributed by atoms with E-state index < -0.39 is 0 Å². The number of fused-ring (bicyclic) bond motifs is 1. The van der Waals surface area contributed by atoms with Crippen LogP contribution in [0.15, 0.2) is 17.8 Å². The zero-order valence-corrected chi connectivity index (χ0v) is 10.2. The van der Waals surface area contributed by atoms with E-state index >= 15 is 0 Å². The molecule has 0 unspecified atom stereocenters. The van der Waals surface area contributed by atoms with Gasteiger partial charge in [0, 0.05) is 24.9 Å². The Balaban J connectivity index is 1.80. The quantitative estimate of drug-likeness (QED) is 0.607. The molecule has 2 rings (SSSR count). The molecular formula is C10H13N3O3S. The second kappa shape index (κ2) is 5.76. The van der Waals surface area contributed by atoms with Crippen molar-refractivity contribution in [2.75, 3.05) is 20.3 Å². The molecule has 0 aliphatic heterocycles. The molecule has 0 saturated heterocycles. The standard InChI is InChI=1S/C10H13N3O3S/c1-15-3-4-16-12-9(14)6-8-7-13-2-5-17-10(13)11-8/h2,5,7H,3-4,6H2,1H3,(H,12,14). The molecule has 6 nitrogen and oxygen atoms in total. The Labute approximate surface area is 102 Å². The number of ether oxygens (including phenoxy) is 1. The second-order valence-corrected chi connectivity index (χ2v) is 4.24. The predicted octanol–water partition coefficient (Wildman–Crippen LogP) is 0.632. The van der Waals surface area contributed by atoms with Gasteiger partial charge in [-0.1, -0.05) is 0 Å². The fourth-order valence-corrected chi connectivity index (χ4v) is 2.04. The molecule has 0 saturated carbocycles. The maximum absolute atomic E-state index is 11.5. The van der Waals surface area contributed by atoms with Crippen molar-refractivity contribution in [1.82, 2.24) is 14.9 Å². The average Bonchev–Trinajstić information content (AvgIpc) is 2.84. The highest BCUT2D eigenvalue weighted by atomic mass is 32.1. The molecule has 0 bridgehead atoms. The highest BCUT2D eigenvalue weighted by molar-refractivity contribution is 7.15. The lowest BCUT2D eigenvalue weighted by Crippen LogP contribution is -2.27. The van der Waals surface area contributed by atoms with Gasteiger partial charge in [0.1, 0.15) is 0 Å². The molecule has 17 heavy (non-hydrogen) atoms. The van der Waals surface area contributed by atoms with Crippen LogP contribution < -0.4 is 5.48 Å². The van der Waals surface area contributed by atoms with E-state index in [1.165, 1.54) is 11.3 Å². The molecule has 2 heterocycles. The van der Waals surface area contributed by atoms with Crippen LogP contribution in [-0.4, -0.2) is 35.6 Å². The van der Waals surface area contributed by atoms with Gasteiger partial charge in [-0.25, -0.2) is 10.5 Å². The van der Waals surface area contributed by atoms with Crippen molar-refractivity contribution in [3.05, 3.63) is 23.5 Å². The van der Waals surface area contributed by atoms with Gasteiger partial charge in [-0.05, 0) is 0 Å². The molecule has 0 aliphatic rings. The summed E-state index contributed by atoms with van der Waals surface area (Å²) in [6, 6.07) is 0. The van der Waals surface area contributed by atoms with Crippen LogP contribution in [0.4, 0.5) is 0 Å². The number of methoxy groups -OCH3 is 1. The third-order valence-electron chi connectivity index (χ3n) is 2.06. The van der Waals surface area contributed by atoms with E-state index in [1.807, 2.05) is 22.2 Å². The van der Waals surface area contributed by atoms with Crippen LogP contribution in [0.5, 0.6) is 0 Å². The maximum atomic E-state index is 11.5. The first-order valence-electron chi connectivity index (χ1n) is 5.10. The number of amides is 1. The maximum Gasteiger partial charge on any atom is 0.249 e. The van der Waals surface area contributed by atoms with Gasteiger partial charge in [-0.3, -0.25) is 14.0 Å². The Hall–Kier alpha value is -1.44. The minimum absolute atomic E-state index is 0.210. The van der Waals surface area contributed by atoms with E-state index in [-0.39, 0.29) is 12.3 Å². The SMILES string of the molecule is COCCONC(=O)Cc1cn2ccsc2n1. The van der Waals surface area contributed by atoms with E-state index in [9.17, 15) is 4.79 Å². The van der Waals surface area contributed by atoms with E-state index in [0.717, 1.165) is 10.7 Å². The van der Waals surface area contributed by atoms with Gasteiger partial charge in [0.2, 0.25) is 5.91 Å². The van der Waals surface area contributed by atoms with E-state index in [4.69, 9.17) is 9.57 Å². The number of carbonyl (C=O) groups is 1. The monoisotopic (exact) mass is 255 g/mol. The van der Waals surface area contributed by atoms with Crippen molar-refractivity contribution >= 4 is 22.2 Å². The fraction of sp³-hybridized carbons (Fsp3) is 0.400. The van der Waals surface area contributed by atoms with Crippen molar-refractivity contribution in [2.45, 2.75) is 6.42 Å². The van der Waals surface area contributed by atoms with Crippen LogP contribution in [-0.2, 0) is 20.8 Å². The van der Waals surface area contributed by atoms with E-state index in [1.54, 1.807) is 7.11 Å². The number of hydrogen-bond acceptors (Lipinski definition) is 5. The van der Waals surface area contributed by atoms with Crippen molar-refractivity contribution in [3.8, 4) is 0 Å². The summed E-state index contributed by atoms with van der Waals surface area (Å²) in [7, 11) is 1.57. The molecule has 2 aromatic heterocycles. The van der Waals surface area contributed by atoms with E-state index in [2.05, 4.69) is 10.5 Å². The Morgan fingerprint density at radius 3 is 3.24 bits per heavy atom. The number of hydroxylamine groups is 1. The summed E-state index contributed by atoms with van der Waals surface area (Å²) in [6.07, 6.45) is 3.95. The van der Waals surface area contributed by atoms with Crippen LogP contribution in [0, 0.1) is 0 Å². The molecule has 1 N–H and O–H groups in total. The number of hydrogen-bond donors (Lipinski definition) is 1. The highest BCUT2D eigenvalue weighted by Crippen LogP contribution is 2.11. The topological polar surface area (TPSA) is 64.9 Å². The second-order valence-electron chi connectivity index (χ2n) is 3.37. The van der Waals surface area contributed by atoms with Crippen molar-refractivity contribution in [3.63, 3.8) is 0 Å². The summed E-state index contributed by atoms with van der Waals surface area (Å²) in [5.41, 5.74) is 3.06. The number of thiazole rings is 1. The highest BCUT2D eigenvalue weighted by Gasteiger charge is 2.07. The molecule has 0 spiro atoms. The third-order valence-corrected chi connectivity index (χ3v) is 2.83. The number of imidazole rings is 1. The Morgan fingerprint density at radius 1 is 1.59 bits per heavy atom. The summed E-state index contributed by atoms with van der Waals surface area (Å²) in [4.78, 5) is 21.5. The molecule has 0 aliphatic carbocycles. The molecule has 92 valence electrons. The number of aromatic nitrogens is 2. The summed E-state index contributed by atoms with van der Waals surface area (Å²) in [5, 5.41) is 1.94. The summed E-state index contributed by atoms with van der Waals surface area (Å²) < 4.78 is 6.67. The van der Waals surface area contributed by atoms with Gasteiger partial charge in [-0.15, -0.1) is 11.3 Å². The van der Waals surface area contributed by atoms with Gasteiger partial charge < -0.3 is 4.74 Å². The van der Waals surface area contributed by atoms with Crippen molar-refractivity contribution in [1.29, 1.82) is 0 Å². The summed E-state index contributed by atoms with van der Waals surface area (Å²) in [6.45, 7) is 0.779. The minimum atomic E-state index is -0.216. The largest absolute Gasteiger partial charge is 0.382 e. The molecule has 0 fully saturated rings. The van der Waals surface area contributed by atoms with Crippen LogP contribution in [0.2, 0.25) is 0 Å². The first kappa shape index (κ1) is 12.0. The lowest BCUT2D eigenvalue weighted by molar-refractivity contribution is -0.133. The predicted molar refractivity (Wildman–Crippen MR) is 62.7 cm³/mol. The lowest BCUT2D eigenvalue weighted by Gasteiger charge is -2.03. The Morgan fingerprint density at radius 2 is 2.47 bits per heavy atom. The van der Waals surface area contributed by atoms with Crippen molar-refractivity contribution in [2.24, 2.45) is 0 Å². The number of rotatable bonds is 6. The van der Waals surface area contributed by atoms with Gasteiger partial charge in [0.25, 0.3) is 0 Å². The number of carbonyl (C=O) groups excluding carboxylic acids is 1. The Bertz CT molecular complexity index is 465. The lowest BCUT2D eigenvalue weighted by atomic mass is 10.3. The van der Waals surface area contributed by atoms with Crippen LogP contribution in [0.25, 0.3) is 4.96 Å². The minimum Gasteiger partial charge on any atom is -0.382 e. The summed E-state index contributed by atoms with van der Waals surface area (Å²) in [5.74, 6) is -0.216. The number of nitrogens with one attached hydrogen (secondary N) is 1. The zero-order valence-electron chi connectivity index (χ0n) is 9.38. The molecule has 2 aromatic rings.